The molecule has 2 atom stereocenters. The van der Waals surface area contributed by atoms with Gasteiger partial charge in [0.15, 0.2) is 0 Å². The van der Waals surface area contributed by atoms with Crippen molar-refractivity contribution in [3.63, 3.8) is 0 Å². The molecule has 0 spiro atoms. The van der Waals surface area contributed by atoms with E-state index in [1.165, 1.54) is 0 Å². The smallest absolute Gasteiger partial charge is 0.0678 e. The number of rotatable bonds is 2. The van der Waals surface area contributed by atoms with Gasteiger partial charge in [0.2, 0.25) is 0 Å². The maximum absolute atomic E-state index is 6.18. The zero-order chi connectivity index (χ0) is 12.4. The minimum atomic E-state index is 0.264. The predicted molar refractivity (Wildman–Crippen MR) is 71.7 cm³/mol. The van der Waals surface area contributed by atoms with Crippen LogP contribution < -0.4 is 0 Å². The SMILES string of the molecule is CC1CN(Cc2c(Cl)cccc2Cl)CC(C)O1. The van der Waals surface area contributed by atoms with Crippen molar-refractivity contribution in [1.29, 1.82) is 0 Å². The fourth-order valence-corrected chi connectivity index (χ4v) is 2.84. The molecule has 2 rings (SSSR count). The van der Waals surface area contributed by atoms with Crippen LogP contribution in [-0.2, 0) is 11.3 Å². The number of ether oxygens (including phenoxy) is 1. The third kappa shape index (κ3) is 3.35. The standard InChI is InChI=1S/C13H17Cl2NO/c1-9-6-16(7-10(2)17-9)8-11-12(14)4-3-5-13(11)15/h3-5,9-10H,6-8H2,1-2H3. The third-order valence-electron chi connectivity index (χ3n) is 2.94. The normalized spacial score (nSPS) is 26.1. The van der Waals surface area contributed by atoms with Gasteiger partial charge in [0, 0.05) is 35.2 Å². The number of hydrogen-bond donors (Lipinski definition) is 0. The Kier molecular flexibility index (Phi) is 4.31. The van der Waals surface area contributed by atoms with E-state index in [1.54, 1.807) is 0 Å². The van der Waals surface area contributed by atoms with Crippen LogP contribution in [0.25, 0.3) is 0 Å². The zero-order valence-electron chi connectivity index (χ0n) is 10.1. The van der Waals surface area contributed by atoms with Gasteiger partial charge >= 0.3 is 0 Å². The molecule has 0 N–H and O–H groups in total. The summed E-state index contributed by atoms with van der Waals surface area (Å²) in [4.78, 5) is 2.34. The van der Waals surface area contributed by atoms with Gasteiger partial charge in [0.1, 0.15) is 0 Å². The van der Waals surface area contributed by atoms with Crippen molar-refractivity contribution in [3.8, 4) is 0 Å². The Hall–Kier alpha value is -0.280. The first kappa shape index (κ1) is 13.2. The first-order valence-electron chi connectivity index (χ1n) is 5.87. The fraction of sp³-hybridized carbons (Fsp3) is 0.538. The molecule has 17 heavy (non-hydrogen) atoms. The molecule has 2 nitrogen and oxygen atoms in total. The highest BCUT2D eigenvalue weighted by molar-refractivity contribution is 6.35. The molecule has 1 saturated heterocycles. The molecule has 1 aliphatic rings. The second-order valence-electron chi connectivity index (χ2n) is 4.65. The average molecular weight is 274 g/mol. The summed E-state index contributed by atoms with van der Waals surface area (Å²) in [6.45, 7) is 6.82. The Morgan fingerprint density at radius 2 is 1.71 bits per heavy atom. The monoisotopic (exact) mass is 273 g/mol. The Labute approximate surface area is 112 Å². The van der Waals surface area contributed by atoms with Gasteiger partial charge in [-0.3, -0.25) is 4.90 Å². The van der Waals surface area contributed by atoms with Crippen molar-refractivity contribution in [1.82, 2.24) is 4.90 Å². The minimum absolute atomic E-state index is 0.264. The summed E-state index contributed by atoms with van der Waals surface area (Å²) >= 11 is 12.4. The van der Waals surface area contributed by atoms with Gasteiger partial charge in [-0.15, -0.1) is 0 Å². The van der Waals surface area contributed by atoms with E-state index in [-0.39, 0.29) is 12.2 Å². The lowest BCUT2D eigenvalue weighted by Gasteiger charge is -2.35. The Morgan fingerprint density at radius 1 is 1.18 bits per heavy atom. The van der Waals surface area contributed by atoms with E-state index < -0.39 is 0 Å². The minimum Gasteiger partial charge on any atom is -0.373 e. The van der Waals surface area contributed by atoms with Gasteiger partial charge in [0.25, 0.3) is 0 Å². The summed E-state index contributed by atoms with van der Waals surface area (Å²) in [5.41, 5.74) is 1.01. The van der Waals surface area contributed by atoms with Crippen LogP contribution in [0.1, 0.15) is 19.4 Å². The predicted octanol–water partition coefficient (Wildman–Crippen LogP) is 3.60. The quantitative estimate of drug-likeness (QED) is 0.817. The van der Waals surface area contributed by atoms with Gasteiger partial charge in [0.05, 0.1) is 12.2 Å². The van der Waals surface area contributed by atoms with Crippen LogP contribution in [0.5, 0.6) is 0 Å². The Bertz CT molecular complexity index is 367. The Balaban J connectivity index is 2.10. The van der Waals surface area contributed by atoms with E-state index in [2.05, 4.69) is 18.7 Å². The first-order chi connectivity index (χ1) is 8.06. The molecule has 0 aliphatic carbocycles. The molecule has 0 amide bonds. The fourth-order valence-electron chi connectivity index (χ4n) is 2.32. The van der Waals surface area contributed by atoms with Gasteiger partial charge in [-0.1, -0.05) is 29.3 Å². The number of hydrogen-bond acceptors (Lipinski definition) is 2. The summed E-state index contributed by atoms with van der Waals surface area (Å²) < 4.78 is 5.71. The van der Waals surface area contributed by atoms with E-state index in [9.17, 15) is 0 Å². The van der Waals surface area contributed by atoms with Crippen LogP contribution in [0.4, 0.5) is 0 Å². The maximum atomic E-state index is 6.18. The lowest BCUT2D eigenvalue weighted by molar-refractivity contribution is -0.0704. The molecular weight excluding hydrogens is 257 g/mol. The van der Waals surface area contributed by atoms with Crippen LogP contribution in [0.3, 0.4) is 0 Å². The van der Waals surface area contributed by atoms with E-state index in [4.69, 9.17) is 27.9 Å². The summed E-state index contributed by atoms with van der Waals surface area (Å²) in [6, 6.07) is 5.64. The Morgan fingerprint density at radius 3 is 2.24 bits per heavy atom. The zero-order valence-corrected chi connectivity index (χ0v) is 11.6. The van der Waals surface area contributed by atoms with Gasteiger partial charge in [-0.2, -0.15) is 0 Å². The van der Waals surface area contributed by atoms with Crippen molar-refractivity contribution < 1.29 is 4.74 Å². The molecule has 0 aromatic heterocycles. The highest BCUT2D eigenvalue weighted by Gasteiger charge is 2.23. The largest absolute Gasteiger partial charge is 0.373 e. The van der Waals surface area contributed by atoms with Gasteiger partial charge < -0.3 is 4.74 Å². The van der Waals surface area contributed by atoms with Crippen molar-refractivity contribution in [2.45, 2.75) is 32.6 Å². The van der Waals surface area contributed by atoms with E-state index in [0.29, 0.717) is 0 Å². The summed E-state index contributed by atoms with van der Waals surface area (Å²) in [7, 11) is 0. The maximum Gasteiger partial charge on any atom is 0.0678 e. The summed E-state index contributed by atoms with van der Waals surface area (Å²) in [5.74, 6) is 0. The molecule has 1 fully saturated rings. The highest BCUT2D eigenvalue weighted by atomic mass is 35.5. The molecule has 1 aromatic carbocycles. The van der Waals surface area contributed by atoms with Crippen LogP contribution in [0.15, 0.2) is 18.2 Å². The highest BCUT2D eigenvalue weighted by Crippen LogP contribution is 2.26. The second kappa shape index (κ2) is 5.57. The summed E-state index contributed by atoms with van der Waals surface area (Å²) in [6.07, 6.45) is 0.528. The van der Waals surface area contributed by atoms with Crippen LogP contribution >= 0.6 is 23.2 Å². The van der Waals surface area contributed by atoms with Crippen molar-refractivity contribution in [2.75, 3.05) is 13.1 Å². The lowest BCUT2D eigenvalue weighted by Crippen LogP contribution is -2.44. The molecule has 1 aliphatic heterocycles. The number of nitrogens with zero attached hydrogens (tertiary/aromatic N) is 1. The molecule has 4 heteroatoms. The molecule has 94 valence electrons. The molecule has 1 aromatic rings. The van der Waals surface area contributed by atoms with Crippen LogP contribution in [0, 0.1) is 0 Å². The van der Waals surface area contributed by atoms with Crippen molar-refractivity contribution in [2.24, 2.45) is 0 Å². The third-order valence-corrected chi connectivity index (χ3v) is 3.65. The molecular formula is C13H17Cl2NO. The summed E-state index contributed by atoms with van der Waals surface area (Å²) in [5, 5.41) is 1.48. The van der Waals surface area contributed by atoms with Gasteiger partial charge in [-0.05, 0) is 26.0 Å². The van der Waals surface area contributed by atoms with Crippen molar-refractivity contribution in [3.05, 3.63) is 33.8 Å². The average Bonchev–Trinajstić information content (AvgIpc) is 2.22. The molecule has 2 unspecified atom stereocenters. The molecule has 1 heterocycles. The number of morpholine rings is 1. The number of halogens is 2. The molecule has 0 saturated carbocycles. The van der Waals surface area contributed by atoms with Crippen LogP contribution in [-0.4, -0.2) is 30.2 Å². The van der Waals surface area contributed by atoms with Gasteiger partial charge in [-0.25, -0.2) is 0 Å². The first-order valence-corrected chi connectivity index (χ1v) is 6.62. The van der Waals surface area contributed by atoms with Crippen molar-refractivity contribution >= 4 is 23.2 Å². The number of benzene rings is 1. The van der Waals surface area contributed by atoms with Crippen LogP contribution in [0.2, 0.25) is 10.0 Å². The second-order valence-corrected chi connectivity index (χ2v) is 5.47. The lowest BCUT2D eigenvalue weighted by atomic mass is 10.1. The topological polar surface area (TPSA) is 12.5 Å². The molecule has 0 radical (unpaired) electrons. The van der Waals surface area contributed by atoms with E-state index >= 15 is 0 Å². The van der Waals surface area contributed by atoms with E-state index in [0.717, 1.165) is 35.2 Å². The molecule has 0 bridgehead atoms. The van der Waals surface area contributed by atoms with E-state index in [1.807, 2.05) is 18.2 Å².